The third-order valence-electron chi connectivity index (χ3n) is 3.91. The van der Waals surface area contributed by atoms with Crippen LogP contribution in [0.15, 0.2) is 42.7 Å². The molecule has 0 aliphatic rings. The van der Waals surface area contributed by atoms with Crippen molar-refractivity contribution in [3.8, 4) is 11.7 Å². The minimum absolute atomic E-state index is 0.0737. The summed E-state index contributed by atoms with van der Waals surface area (Å²) in [7, 11) is 0. The standard InChI is InChI=1S/C18H14F6N4O/c1-2-12-10-25-16(28-7-6-15(27-28)17(19,20)21)26-14(12)9-11-4-3-5-13(8-11)29-18(22,23)24/h3-8,10H,2,9H2,1H3. The molecule has 0 saturated carbocycles. The van der Waals surface area contributed by atoms with Gasteiger partial charge in [-0.3, -0.25) is 0 Å². The van der Waals surface area contributed by atoms with Gasteiger partial charge in [-0.1, -0.05) is 19.1 Å². The number of aromatic nitrogens is 4. The average molecular weight is 416 g/mol. The molecule has 0 radical (unpaired) electrons. The van der Waals surface area contributed by atoms with E-state index in [1.54, 1.807) is 6.07 Å². The molecule has 29 heavy (non-hydrogen) atoms. The van der Waals surface area contributed by atoms with Gasteiger partial charge in [0.05, 0.1) is 5.69 Å². The number of aryl methyl sites for hydroxylation is 1. The van der Waals surface area contributed by atoms with Crippen LogP contribution in [0.1, 0.15) is 29.4 Å². The van der Waals surface area contributed by atoms with Gasteiger partial charge in [0.2, 0.25) is 0 Å². The van der Waals surface area contributed by atoms with E-state index in [4.69, 9.17) is 0 Å². The van der Waals surface area contributed by atoms with E-state index >= 15 is 0 Å². The molecule has 5 nitrogen and oxygen atoms in total. The van der Waals surface area contributed by atoms with E-state index in [0.717, 1.165) is 16.9 Å². The van der Waals surface area contributed by atoms with Gasteiger partial charge < -0.3 is 4.74 Å². The third-order valence-corrected chi connectivity index (χ3v) is 3.91. The highest BCUT2D eigenvalue weighted by atomic mass is 19.4. The van der Waals surface area contributed by atoms with Gasteiger partial charge >= 0.3 is 12.5 Å². The summed E-state index contributed by atoms with van der Waals surface area (Å²) in [5, 5.41) is 3.43. The largest absolute Gasteiger partial charge is 0.573 e. The van der Waals surface area contributed by atoms with Crippen molar-refractivity contribution < 1.29 is 31.1 Å². The quantitative estimate of drug-likeness (QED) is 0.565. The highest BCUT2D eigenvalue weighted by Gasteiger charge is 2.34. The minimum atomic E-state index is -4.81. The predicted octanol–water partition coefficient (Wildman–Crippen LogP) is 4.73. The molecule has 0 bridgehead atoms. The van der Waals surface area contributed by atoms with Crippen LogP contribution in [0.5, 0.6) is 5.75 Å². The molecule has 0 fully saturated rings. The first-order valence-corrected chi connectivity index (χ1v) is 8.38. The van der Waals surface area contributed by atoms with Crippen molar-refractivity contribution in [1.82, 2.24) is 19.7 Å². The van der Waals surface area contributed by atoms with Gasteiger partial charge in [0.25, 0.3) is 5.95 Å². The second-order valence-corrected chi connectivity index (χ2v) is 6.01. The summed E-state index contributed by atoms with van der Waals surface area (Å²) in [6.45, 7) is 1.83. The maximum Gasteiger partial charge on any atom is 0.573 e. The lowest BCUT2D eigenvalue weighted by atomic mass is 10.0. The molecule has 2 aromatic heterocycles. The summed E-state index contributed by atoms with van der Waals surface area (Å²) in [5.41, 5.74) is 0.576. The fourth-order valence-electron chi connectivity index (χ4n) is 2.62. The van der Waals surface area contributed by atoms with Crippen LogP contribution in [0.25, 0.3) is 5.95 Å². The molecular weight excluding hydrogens is 402 g/mol. The number of rotatable bonds is 5. The Bertz CT molecular complexity index is 997. The molecule has 3 aromatic rings. The molecule has 0 saturated heterocycles. The van der Waals surface area contributed by atoms with Gasteiger partial charge in [0, 0.05) is 18.8 Å². The number of alkyl halides is 6. The first-order chi connectivity index (χ1) is 13.5. The van der Waals surface area contributed by atoms with Crippen molar-refractivity contribution in [2.45, 2.75) is 32.3 Å². The Balaban J connectivity index is 1.90. The SMILES string of the molecule is CCc1cnc(-n2ccc(C(F)(F)F)n2)nc1Cc1cccc(OC(F)(F)F)c1. The smallest absolute Gasteiger partial charge is 0.406 e. The predicted molar refractivity (Wildman–Crippen MR) is 89.5 cm³/mol. The summed E-state index contributed by atoms with van der Waals surface area (Å²) >= 11 is 0. The maximum absolute atomic E-state index is 12.7. The van der Waals surface area contributed by atoms with Gasteiger partial charge in [-0.05, 0) is 35.7 Å². The van der Waals surface area contributed by atoms with Crippen LogP contribution >= 0.6 is 0 Å². The van der Waals surface area contributed by atoms with Crippen molar-refractivity contribution in [3.63, 3.8) is 0 Å². The van der Waals surface area contributed by atoms with E-state index in [0.29, 0.717) is 23.2 Å². The van der Waals surface area contributed by atoms with Crippen molar-refractivity contribution in [1.29, 1.82) is 0 Å². The molecule has 1 aromatic carbocycles. The lowest BCUT2D eigenvalue weighted by molar-refractivity contribution is -0.274. The van der Waals surface area contributed by atoms with Crippen LogP contribution in [0, 0.1) is 0 Å². The van der Waals surface area contributed by atoms with Crippen molar-refractivity contribution in [2.24, 2.45) is 0 Å². The fourth-order valence-corrected chi connectivity index (χ4v) is 2.62. The van der Waals surface area contributed by atoms with Crippen LogP contribution in [-0.4, -0.2) is 26.1 Å². The second kappa shape index (κ2) is 7.72. The first kappa shape index (κ1) is 20.6. The minimum Gasteiger partial charge on any atom is -0.406 e. The molecule has 0 spiro atoms. The average Bonchev–Trinajstić information content (AvgIpc) is 3.11. The third kappa shape index (κ3) is 5.24. The van der Waals surface area contributed by atoms with Gasteiger partial charge in [0.1, 0.15) is 5.75 Å². The van der Waals surface area contributed by atoms with Gasteiger partial charge in [-0.15, -0.1) is 13.2 Å². The Labute approximate surface area is 161 Å². The molecule has 0 amide bonds. The Morgan fingerprint density at radius 3 is 2.45 bits per heavy atom. The highest BCUT2D eigenvalue weighted by Crippen LogP contribution is 2.28. The monoisotopic (exact) mass is 416 g/mol. The zero-order valence-electron chi connectivity index (χ0n) is 14.9. The zero-order chi connectivity index (χ0) is 21.2. The molecule has 154 valence electrons. The van der Waals surface area contributed by atoms with Gasteiger partial charge in [-0.2, -0.15) is 18.3 Å². The Morgan fingerprint density at radius 2 is 1.83 bits per heavy atom. The second-order valence-electron chi connectivity index (χ2n) is 6.01. The Morgan fingerprint density at radius 1 is 1.07 bits per heavy atom. The van der Waals surface area contributed by atoms with Crippen molar-refractivity contribution in [3.05, 3.63) is 65.2 Å². The van der Waals surface area contributed by atoms with Crippen LogP contribution in [0.4, 0.5) is 26.3 Å². The van der Waals surface area contributed by atoms with Crippen LogP contribution in [0.2, 0.25) is 0 Å². The number of nitrogens with zero attached hydrogens (tertiary/aromatic N) is 4. The van der Waals surface area contributed by atoms with E-state index in [1.807, 2.05) is 6.92 Å². The molecule has 0 unspecified atom stereocenters. The maximum atomic E-state index is 12.7. The summed E-state index contributed by atoms with van der Waals surface area (Å²) in [6.07, 6.45) is -6.20. The van der Waals surface area contributed by atoms with E-state index in [1.165, 1.54) is 24.4 Å². The number of hydrogen-bond acceptors (Lipinski definition) is 4. The molecule has 0 aliphatic carbocycles. The molecule has 0 aliphatic heterocycles. The molecule has 0 atom stereocenters. The van der Waals surface area contributed by atoms with Crippen molar-refractivity contribution >= 4 is 0 Å². The molecule has 11 heteroatoms. The van der Waals surface area contributed by atoms with Gasteiger partial charge in [0.15, 0.2) is 5.69 Å². The summed E-state index contributed by atoms with van der Waals surface area (Å²) in [6, 6.07) is 6.21. The van der Waals surface area contributed by atoms with Crippen LogP contribution in [0.3, 0.4) is 0 Å². The van der Waals surface area contributed by atoms with E-state index < -0.39 is 18.2 Å². The lowest BCUT2D eigenvalue weighted by Crippen LogP contribution is -2.17. The van der Waals surface area contributed by atoms with Crippen LogP contribution < -0.4 is 4.74 Å². The number of benzene rings is 1. The topological polar surface area (TPSA) is 52.8 Å². The summed E-state index contributed by atoms with van der Waals surface area (Å²) < 4.78 is 80.3. The zero-order valence-corrected chi connectivity index (χ0v) is 14.9. The lowest BCUT2D eigenvalue weighted by Gasteiger charge is -2.12. The summed E-state index contributed by atoms with van der Waals surface area (Å²) in [5.74, 6) is -0.445. The molecule has 3 rings (SSSR count). The van der Waals surface area contributed by atoms with Crippen LogP contribution in [-0.2, 0) is 19.0 Å². The first-order valence-electron chi connectivity index (χ1n) is 8.38. The van der Waals surface area contributed by atoms with Crippen molar-refractivity contribution in [2.75, 3.05) is 0 Å². The Kier molecular flexibility index (Phi) is 5.49. The highest BCUT2D eigenvalue weighted by molar-refractivity contribution is 5.34. The molecule has 0 N–H and O–H groups in total. The fraction of sp³-hybridized carbons (Fsp3) is 0.278. The van der Waals surface area contributed by atoms with E-state index in [9.17, 15) is 26.3 Å². The Hall–Kier alpha value is -3.11. The molecular formula is C18H14F6N4O. The molecule has 2 heterocycles. The number of ether oxygens (including phenoxy) is 1. The van der Waals surface area contributed by atoms with E-state index in [-0.39, 0.29) is 18.1 Å². The van der Waals surface area contributed by atoms with E-state index in [2.05, 4.69) is 19.8 Å². The summed E-state index contributed by atoms with van der Waals surface area (Å²) in [4.78, 5) is 8.30. The number of halogens is 6. The normalized spacial score (nSPS) is 12.2. The van der Waals surface area contributed by atoms with Gasteiger partial charge in [-0.25, -0.2) is 14.6 Å². The number of hydrogen-bond donors (Lipinski definition) is 0.